The average molecular weight is 430 g/mol. The van der Waals surface area contributed by atoms with Crippen LogP contribution < -0.4 is 9.80 Å². The van der Waals surface area contributed by atoms with Crippen LogP contribution in [0, 0.1) is 6.92 Å². The summed E-state index contributed by atoms with van der Waals surface area (Å²) in [4.78, 5) is 33.2. The Morgan fingerprint density at radius 2 is 1.12 bits per heavy atom. The summed E-state index contributed by atoms with van der Waals surface area (Å²) in [6, 6.07) is 15.9. The van der Waals surface area contributed by atoms with Crippen molar-refractivity contribution in [3.8, 4) is 0 Å². The number of hydrogen-bond acceptors (Lipinski definition) is 4. The Balaban J connectivity index is 1.49. The number of imide groups is 1. The summed E-state index contributed by atoms with van der Waals surface area (Å²) in [7, 11) is 0. The Morgan fingerprint density at radius 1 is 0.594 bits per heavy atom. The fourth-order valence-corrected chi connectivity index (χ4v) is 5.11. The van der Waals surface area contributed by atoms with E-state index < -0.39 is 0 Å². The van der Waals surface area contributed by atoms with Crippen molar-refractivity contribution >= 4 is 28.8 Å². The molecule has 0 aromatic heterocycles. The van der Waals surface area contributed by atoms with Gasteiger partial charge in [0.1, 0.15) is 5.70 Å². The Kier molecular flexibility index (Phi) is 5.73. The highest BCUT2D eigenvalue weighted by molar-refractivity contribution is 6.45. The van der Waals surface area contributed by atoms with E-state index in [1.165, 1.54) is 30.6 Å². The molecule has 2 aromatic rings. The Morgan fingerprint density at radius 3 is 1.72 bits per heavy atom. The lowest BCUT2D eigenvalue weighted by molar-refractivity contribution is -0.120. The van der Waals surface area contributed by atoms with Crippen molar-refractivity contribution < 1.29 is 9.59 Å². The van der Waals surface area contributed by atoms with Gasteiger partial charge in [0, 0.05) is 31.9 Å². The van der Waals surface area contributed by atoms with Crippen LogP contribution in [0.5, 0.6) is 0 Å². The highest BCUT2D eigenvalue weighted by Crippen LogP contribution is 2.36. The van der Waals surface area contributed by atoms with Gasteiger partial charge in [0.25, 0.3) is 11.8 Å². The molecule has 0 radical (unpaired) electrons. The standard InChI is InChI=1S/C27H31N3O2/c1-20-8-10-21(11-9-20)24-25(29-18-6-3-7-19-29)27(32)30(26(24)31)23-14-12-22(13-15-23)28-16-4-2-5-17-28/h8-15H,2-7,16-19H2,1H3. The van der Waals surface area contributed by atoms with Crippen LogP contribution in [-0.2, 0) is 9.59 Å². The van der Waals surface area contributed by atoms with Crippen LogP contribution in [0.1, 0.15) is 49.7 Å². The van der Waals surface area contributed by atoms with E-state index in [1.54, 1.807) is 0 Å². The largest absolute Gasteiger partial charge is 0.372 e. The fourth-order valence-electron chi connectivity index (χ4n) is 5.11. The molecule has 2 fully saturated rings. The van der Waals surface area contributed by atoms with Crippen molar-refractivity contribution in [2.75, 3.05) is 36.0 Å². The molecular weight excluding hydrogens is 398 g/mol. The number of nitrogens with zero attached hydrogens (tertiary/aromatic N) is 3. The third-order valence-corrected chi connectivity index (χ3v) is 6.90. The molecule has 0 unspecified atom stereocenters. The summed E-state index contributed by atoms with van der Waals surface area (Å²) < 4.78 is 0. The molecule has 166 valence electrons. The third kappa shape index (κ3) is 3.81. The lowest BCUT2D eigenvalue weighted by atomic mass is 10.0. The molecule has 0 bridgehead atoms. The Bertz CT molecular complexity index is 1030. The summed E-state index contributed by atoms with van der Waals surface area (Å²) in [5.74, 6) is -0.414. The molecule has 3 aliphatic rings. The summed E-state index contributed by atoms with van der Waals surface area (Å²) in [5.41, 5.74) is 4.88. The minimum absolute atomic E-state index is 0.196. The zero-order valence-corrected chi connectivity index (χ0v) is 18.8. The van der Waals surface area contributed by atoms with Crippen molar-refractivity contribution in [2.45, 2.75) is 45.4 Å². The zero-order valence-electron chi connectivity index (χ0n) is 18.8. The molecule has 5 nitrogen and oxygen atoms in total. The van der Waals surface area contributed by atoms with Crippen molar-refractivity contribution in [3.05, 3.63) is 65.4 Å². The van der Waals surface area contributed by atoms with Crippen LogP contribution in [0.15, 0.2) is 54.2 Å². The molecule has 3 heterocycles. The van der Waals surface area contributed by atoms with Gasteiger partial charge in [0.2, 0.25) is 0 Å². The third-order valence-electron chi connectivity index (χ3n) is 6.90. The SMILES string of the molecule is Cc1ccc(C2=C(N3CCCCC3)C(=O)N(c3ccc(N4CCCCC4)cc3)C2=O)cc1. The number of carbonyl (C=O) groups excluding carboxylic acids is 2. The predicted octanol–water partition coefficient (Wildman–Crippen LogP) is 4.76. The van der Waals surface area contributed by atoms with E-state index in [4.69, 9.17) is 0 Å². The van der Waals surface area contributed by atoms with Crippen molar-refractivity contribution in [1.29, 1.82) is 0 Å². The molecule has 0 aliphatic carbocycles. The highest BCUT2D eigenvalue weighted by atomic mass is 16.2. The smallest absolute Gasteiger partial charge is 0.282 e. The van der Waals surface area contributed by atoms with E-state index in [0.29, 0.717) is 17.0 Å². The second kappa shape index (κ2) is 8.81. The normalized spacial score (nSPS) is 19.8. The molecule has 2 saturated heterocycles. The van der Waals surface area contributed by atoms with E-state index in [9.17, 15) is 9.59 Å². The number of anilines is 2. The van der Waals surface area contributed by atoms with E-state index >= 15 is 0 Å². The second-order valence-corrected chi connectivity index (χ2v) is 9.15. The lowest BCUT2D eigenvalue weighted by Gasteiger charge is -2.30. The van der Waals surface area contributed by atoms with E-state index in [2.05, 4.69) is 9.80 Å². The number of carbonyl (C=O) groups is 2. The predicted molar refractivity (Wildman–Crippen MR) is 129 cm³/mol. The van der Waals surface area contributed by atoms with Crippen molar-refractivity contribution in [3.63, 3.8) is 0 Å². The van der Waals surface area contributed by atoms with E-state index in [1.807, 2.05) is 55.5 Å². The summed E-state index contributed by atoms with van der Waals surface area (Å²) in [5, 5.41) is 0. The number of piperidine rings is 2. The lowest BCUT2D eigenvalue weighted by Crippen LogP contribution is -2.37. The number of aryl methyl sites for hydroxylation is 1. The quantitative estimate of drug-likeness (QED) is 0.658. The van der Waals surface area contributed by atoms with Crippen molar-refractivity contribution in [2.24, 2.45) is 0 Å². The van der Waals surface area contributed by atoms with Gasteiger partial charge < -0.3 is 9.80 Å². The van der Waals surface area contributed by atoms with Crippen LogP contribution in [0.4, 0.5) is 11.4 Å². The molecule has 32 heavy (non-hydrogen) atoms. The molecule has 3 aliphatic heterocycles. The average Bonchev–Trinajstić information content (AvgIpc) is 3.11. The van der Waals surface area contributed by atoms with Gasteiger partial charge in [0.05, 0.1) is 11.3 Å². The number of rotatable bonds is 4. The second-order valence-electron chi connectivity index (χ2n) is 9.15. The number of amides is 2. The van der Waals surface area contributed by atoms with Crippen LogP contribution >= 0.6 is 0 Å². The molecule has 0 N–H and O–H groups in total. The minimum Gasteiger partial charge on any atom is -0.372 e. The first kappa shape index (κ1) is 20.8. The van der Waals surface area contributed by atoms with Gasteiger partial charge >= 0.3 is 0 Å². The molecule has 2 amide bonds. The molecule has 5 heteroatoms. The van der Waals surface area contributed by atoms with Crippen LogP contribution in [0.25, 0.3) is 5.57 Å². The Hall–Kier alpha value is -3.08. The van der Waals surface area contributed by atoms with Gasteiger partial charge in [-0.3, -0.25) is 9.59 Å². The maximum absolute atomic E-state index is 13.7. The molecule has 0 atom stereocenters. The van der Waals surface area contributed by atoms with Gasteiger partial charge in [-0.1, -0.05) is 29.8 Å². The Labute approximate surface area is 190 Å². The molecule has 0 saturated carbocycles. The van der Waals surface area contributed by atoms with Crippen LogP contribution in [-0.4, -0.2) is 42.9 Å². The van der Waals surface area contributed by atoms with Gasteiger partial charge in [-0.2, -0.15) is 0 Å². The zero-order chi connectivity index (χ0) is 22.1. The van der Waals surface area contributed by atoms with Crippen LogP contribution in [0.2, 0.25) is 0 Å². The molecule has 2 aromatic carbocycles. The minimum atomic E-state index is -0.217. The van der Waals surface area contributed by atoms with Crippen molar-refractivity contribution in [1.82, 2.24) is 4.90 Å². The van der Waals surface area contributed by atoms with Gasteiger partial charge in [-0.25, -0.2) is 4.90 Å². The van der Waals surface area contributed by atoms with E-state index in [-0.39, 0.29) is 11.8 Å². The molecular formula is C27H31N3O2. The van der Waals surface area contributed by atoms with Gasteiger partial charge in [-0.05, 0) is 75.3 Å². The maximum atomic E-state index is 13.7. The molecule has 0 spiro atoms. The molecule has 5 rings (SSSR count). The summed E-state index contributed by atoms with van der Waals surface area (Å²) >= 11 is 0. The van der Waals surface area contributed by atoms with Crippen LogP contribution in [0.3, 0.4) is 0 Å². The highest BCUT2D eigenvalue weighted by Gasteiger charge is 2.42. The first-order chi connectivity index (χ1) is 15.6. The number of hydrogen-bond donors (Lipinski definition) is 0. The summed E-state index contributed by atoms with van der Waals surface area (Å²) in [6.45, 7) is 5.82. The first-order valence-electron chi connectivity index (χ1n) is 11.9. The first-order valence-corrected chi connectivity index (χ1v) is 11.9. The monoisotopic (exact) mass is 429 g/mol. The number of benzene rings is 2. The van der Waals surface area contributed by atoms with E-state index in [0.717, 1.165) is 55.8 Å². The van der Waals surface area contributed by atoms with Gasteiger partial charge in [-0.15, -0.1) is 0 Å². The topological polar surface area (TPSA) is 43.9 Å². The fraction of sp³-hybridized carbons (Fsp3) is 0.407. The maximum Gasteiger partial charge on any atom is 0.282 e. The van der Waals surface area contributed by atoms with Gasteiger partial charge in [0.15, 0.2) is 0 Å². The number of likely N-dealkylation sites (tertiary alicyclic amines) is 1. The summed E-state index contributed by atoms with van der Waals surface area (Å²) in [6.07, 6.45) is 7.00.